The van der Waals surface area contributed by atoms with Crippen LogP contribution in [0.25, 0.3) is 0 Å². The van der Waals surface area contributed by atoms with Crippen molar-refractivity contribution < 1.29 is 33.3 Å². The van der Waals surface area contributed by atoms with Crippen LogP contribution >= 0.6 is 0 Å². The van der Waals surface area contributed by atoms with Crippen LogP contribution in [0.2, 0.25) is 0 Å². The maximum absolute atomic E-state index is 12.2. The zero-order chi connectivity index (χ0) is 14.6. The highest BCUT2D eigenvalue weighted by molar-refractivity contribution is 5.96. The van der Waals surface area contributed by atoms with Crippen molar-refractivity contribution in [3.8, 4) is 5.75 Å². The van der Waals surface area contributed by atoms with Crippen molar-refractivity contribution in [2.45, 2.75) is 26.1 Å². The largest absolute Gasteiger partial charge is 0.479 e. The Labute approximate surface area is 107 Å². The molecule has 0 bridgehead atoms. The van der Waals surface area contributed by atoms with Crippen LogP contribution in [0.15, 0.2) is 18.2 Å². The van der Waals surface area contributed by atoms with Gasteiger partial charge in [-0.3, -0.25) is 4.79 Å². The molecule has 0 aliphatic heterocycles. The minimum atomic E-state index is -3.19. The first-order valence-corrected chi connectivity index (χ1v) is 5.39. The number of aliphatic hydroxyl groups is 1. The SMILES string of the molecule is CCC(=O)c1ccc(C(O)C(=O)O)c(OC(F)F)c1. The fourth-order valence-corrected chi connectivity index (χ4v) is 1.47. The van der Waals surface area contributed by atoms with Crippen LogP contribution in [0.4, 0.5) is 8.78 Å². The summed E-state index contributed by atoms with van der Waals surface area (Å²) in [5.41, 5.74) is -0.222. The first-order valence-electron chi connectivity index (χ1n) is 5.39. The second kappa shape index (κ2) is 6.24. The van der Waals surface area contributed by atoms with Gasteiger partial charge in [0.2, 0.25) is 0 Å². The molecule has 0 saturated heterocycles. The van der Waals surface area contributed by atoms with E-state index in [1.807, 2.05) is 0 Å². The Morgan fingerprint density at radius 3 is 2.47 bits per heavy atom. The van der Waals surface area contributed by atoms with Crippen LogP contribution in [0, 0.1) is 0 Å². The number of carboxylic acid groups (broad SMARTS) is 1. The number of carbonyl (C=O) groups is 2. The molecule has 1 rings (SSSR count). The number of carboxylic acids is 1. The summed E-state index contributed by atoms with van der Waals surface area (Å²) in [6.07, 6.45) is -1.84. The average molecular weight is 274 g/mol. The third-order valence-electron chi connectivity index (χ3n) is 2.40. The van der Waals surface area contributed by atoms with Crippen LogP contribution in [0.5, 0.6) is 5.75 Å². The molecule has 1 aromatic carbocycles. The summed E-state index contributed by atoms with van der Waals surface area (Å²) in [4.78, 5) is 22.1. The third-order valence-corrected chi connectivity index (χ3v) is 2.40. The number of aliphatic carboxylic acids is 1. The number of aliphatic hydroxyl groups excluding tert-OH is 1. The second-order valence-electron chi connectivity index (χ2n) is 3.65. The van der Waals surface area contributed by atoms with Gasteiger partial charge < -0.3 is 14.9 Å². The quantitative estimate of drug-likeness (QED) is 0.775. The number of alkyl halides is 2. The number of carbonyl (C=O) groups excluding carboxylic acids is 1. The minimum Gasteiger partial charge on any atom is -0.479 e. The molecule has 0 aliphatic carbocycles. The van der Waals surface area contributed by atoms with Crippen molar-refractivity contribution in [1.29, 1.82) is 0 Å². The molecule has 2 N–H and O–H groups in total. The summed E-state index contributed by atoms with van der Waals surface area (Å²) >= 11 is 0. The third kappa shape index (κ3) is 3.72. The number of Topliss-reactive ketones (excluding diaryl/α,β-unsaturated/α-hetero) is 1. The van der Waals surface area contributed by atoms with E-state index in [-0.39, 0.29) is 23.3 Å². The number of ketones is 1. The lowest BCUT2D eigenvalue weighted by molar-refractivity contribution is -0.147. The first kappa shape index (κ1) is 15.0. The standard InChI is InChI=1S/C12H12F2O5/c1-2-8(15)6-3-4-7(10(16)11(17)18)9(5-6)19-12(13)14/h3-5,10,12,16H,2H2,1H3,(H,17,18). The molecule has 104 valence electrons. The Hall–Kier alpha value is -2.02. The highest BCUT2D eigenvalue weighted by atomic mass is 19.3. The van der Waals surface area contributed by atoms with E-state index in [2.05, 4.69) is 4.74 Å². The highest BCUT2D eigenvalue weighted by Gasteiger charge is 2.23. The summed E-state index contributed by atoms with van der Waals surface area (Å²) in [6.45, 7) is -1.59. The predicted molar refractivity (Wildman–Crippen MR) is 60.3 cm³/mol. The van der Waals surface area contributed by atoms with Gasteiger partial charge in [-0.25, -0.2) is 4.79 Å². The molecule has 0 saturated carbocycles. The number of hydrogen-bond acceptors (Lipinski definition) is 4. The molecule has 0 radical (unpaired) electrons. The van der Waals surface area contributed by atoms with Gasteiger partial charge in [0, 0.05) is 17.5 Å². The second-order valence-corrected chi connectivity index (χ2v) is 3.65. The summed E-state index contributed by atoms with van der Waals surface area (Å²) in [5, 5.41) is 18.0. The number of rotatable bonds is 6. The summed E-state index contributed by atoms with van der Waals surface area (Å²) < 4.78 is 28.6. The summed E-state index contributed by atoms with van der Waals surface area (Å²) in [5.74, 6) is -2.44. The van der Waals surface area contributed by atoms with Gasteiger partial charge in [0.05, 0.1) is 0 Å². The van der Waals surface area contributed by atoms with Crippen LogP contribution in [-0.4, -0.2) is 28.6 Å². The monoisotopic (exact) mass is 274 g/mol. The normalized spacial score (nSPS) is 12.3. The molecule has 5 nitrogen and oxygen atoms in total. The van der Waals surface area contributed by atoms with Crippen molar-refractivity contribution in [3.63, 3.8) is 0 Å². The molecule has 0 amide bonds. The van der Waals surface area contributed by atoms with E-state index in [0.29, 0.717) is 0 Å². The lowest BCUT2D eigenvalue weighted by Gasteiger charge is -2.14. The van der Waals surface area contributed by atoms with Gasteiger partial charge in [-0.15, -0.1) is 0 Å². The number of benzene rings is 1. The summed E-state index contributed by atoms with van der Waals surface area (Å²) in [6, 6.07) is 3.34. The van der Waals surface area contributed by atoms with Gasteiger partial charge in [0.25, 0.3) is 0 Å². The Kier molecular flexibility index (Phi) is 4.94. The van der Waals surface area contributed by atoms with Gasteiger partial charge in [-0.2, -0.15) is 8.78 Å². The smallest absolute Gasteiger partial charge is 0.387 e. The molecule has 0 heterocycles. The van der Waals surface area contributed by atoms with Crippen molar-refractivity contribution in [2.75, 3.05) is 0 Å². The molecular weight excluding hydrogens is 262 g/mol. The molecule has 1 aromatic rings. The van der Waals surface area contributed by atoms with Gasteiger partial charge in [0.15, 0.2) is 11.9 Å². The molecule has 19 heavy (non-hydrogen) atoms. The fourth-order valence-electron chi connectivity index (χ4n) is 1.47. The molecule has 0 spiro atoms. The van der Waals surface area contributed by atoms with Crippen molar-refractivity contribution in [1.82, 2.24) is 0 Å². The first-order chi connectivity index (χ1) is 8.86. The highest BCUT2D eigenvalue weighted by Crippen LogP contribution is 2.28. The number of halogens is 2. The Morgan fingerprint density at radius 1 is 1.37 bits per heavy atom. The van der Waals surface area contributed by atoms with E-state index in [1.165, 1.54) is 6.07 Å². The topological polar surface area (TPSA) is 83.8 Å². The van der Waals surface area contributed by atoms with Gasteiger partial charge in [0.1, 0.15) is 5.75 Å². The van der Waals surface area contributed by atoms with E-state index in [4.69, 9.17) is 5.11 Å². The average Bonchev–Trinajstić information content (AvgIpc) is 2.36. The molecule has 1 unspecified atom stereocenters. The van der Waals surface area contributed by atoms with Crippen LogP contribution in [0.3, 0.4) is 0 Å². The summed E-state index contributed by atoms with van der Waals surface area (Å²) in [7, 11) is 0. The van der Waals surface area contributed by atoms with Gasteiger partial charge in [-0.1, -0.05) is 19.1 Å². The Morgan fingerprint density at radius 2 is 2.00 bits per heavy atom. The van der Waals surface area contributed by atoms with E-state index < -0.39 is 24.4 Å². The number of hydrogen-bond donors (Lipinski definition) is 2. The molecule has 0 aromatic heterocycles. The zero-order valence-corrected chi connectivity index (χ0v) is 9.97. The molecular formula is C12H12F2O5. The van der Waals surface area contributed by atoms with Crippen LogP contribution in [0.1, 0.15) is 35.4 Å². The van der Waals surface area contributed by atoms with E-state index in [1.54, 1.807) is 6.92 Å². The lowest BCUT2D eigenvalue weighted by Crippen LogP contribution is -2.14. The Bertz CT molecular complexity index is 487. The minimum absolute atomic E-state index is 0.111. The number of ether oxygens (including phenoxy) is 1. The van der Waals surface area contributed by atoms with Gasteiger partial charge >= 0.3 is 12.6 Å². The van der Waals surface area contributed by atoms with Crippen molar-refractivity contribution in [2.24, 2.45) is 0 Å². The molecule has 0 aliphatic rings. The lowest BCUT2D eigenvalue weighted by atomic mass is 10.0. The van der Waals surface area contributed by atoms with Crippen molar-refractivity contribution >= 4 is 11.8 Å². The van der Waals surface area contributed by atoms with Gasteiger partial charge in [-0.05, 0) is 6.07 Å². The molecule has 1 atom stereocenters. The van der Waals surface area contributed by atoms with Crippen LogP contribution in [-0.2, 0) is 4.79 Å². The fraction of sp³-hybridized carbons (Fsp3) is 0.333. The zero-order valence-electron chi connectivity index (χ0n) is 9.97. The van der Waals surface area contributed by atoms with E-state index in [0.717, 1.165) is 12.1 Å². The maximum Gasteiger partial charge on any atom is 0.387 e. The van der Waals surface area contributed by atoms with Crippen molar-refractivity contribution in [3.05, 3.63) is 29.3 Å². The Balaban J connectivity index is 3.23. The predicted octanol–water partition coefficient (Wildman–Crippen LogP) is 2.00. The molecule has 0 fully saturated rings. The van der Waals surface area contributed by atoms with Crippen LogP contribution < -0.4 is 4.74 Å². The van der Waals surface area contributed by atoms with E-state index in [9.17, 15) is 23.5 Å². The maximum atomic E-state index is 12.2. The van der Waals surface area contributed by atoms with E-state index >= 15 is 0 Å². The molecule has 7 heteroatoms.